The zero-order valence-corrected chi connectivity index (χ0v) is 23.0. The number of unbranched alkanes of at least 4 members (excludes halogenated alkanes) is 1. The highest BCUT2D eigenvalue weighted by Gasteiger charge is 2.30. The van der Waals surface area contributed by atoms with Crippen molar-refractivity contribution < 1.29 is 24.3 Å². The lowest BCUT2D eigenvalue weighted by molar-refractivity contribution is -0.142. The number of aliphatic imine (C=N–C) groups is 1. The predicted octanol–water partition coefficient (Wildman–Crippen LogP) is -2.25. The van der Waals surface area contributed by atoms with Gasteiger partial charge in [0.25, 0.3) is 0 Å². The molecule has 4 unspecified atom stereocenters. The maximum atomic E-state index is 13.3. The van der Waals surface area contributed by atoms with Crippen LogP contribution in [-0.2, 0) is 25.6 Å². The lowest BCUT2D eigenvalue weighted by Gasteiger charge is -2.25. The second-order valence-electron chi connectivity index (χ2n) is 8.92. The van der Waals surface area contributed by atoms with Crippen molar-refractivity contribution in [1.82, 2.24) is 25.9 Å². The number of nitrogens with zero attached hydrogens (tertiary/aromatic N) is 2. The molecule has 0 saturated carbocycles. The summed E-state index contributed by atoms with van der Waals surface area (Å²) in [5.74, 6) is -2.57. The molecule has 16 heteroatoms. The van der Waals surface area contributed by atoms with E-state index in [2.05, 4.69) is 30.9 Å². The molecule has 0 fully saturated rings. The number of H-pyrrole nitrogens is 1. The first-order valence-electron chi connectivity index (χ1n) is 12.7. The van der Waals surface area contributed by atoms with Crippen molar-refractivity contribution in [3.63, 3.8) is 0 Å². The van der Waals surface area contributed by atoms with E-state index in [1.54, 1.807) is 0 Å². The Kier molecular flexibility index (Phi) is 16.2. The minimum absolute atomic E-state index is 0.0136. The van der Waals surface area contributed by atoms with Gasteiger partial charge in [0.1, 0.15) is 18.1 Å². The highest BCUT2D eigenvalue weighted by molar-refractivity contribution is 7.98. The van der Waals surface area contributed by atoms with Crippen molar-refractivity contribution in [3.05, 3.63) is 18.2 Å². The Morgan fingerprint density at radius 2 is 1.67 bits per heavy atom. The zero-order valence-electron chi connectivity index (χ0n) is 22.2. The molecule has 0 aliphatic rings. The number of nitrogens with two attached hydrogens (primary N) is 4. The summed E-state index contributed by atoms with van der Waals surface area (Å²) >= 11 is 1.49. The van der Waals surface area contributed by atoms with Gasteiger partial charge in [0.15, 0.2) is 5.96 Å². The minimum Gasteiger partial charge on any atom is -0.480 e. The van der Waals surface area contributed by atoms with E-state index in [4.69, 9.17) is 22.9 Å². The molecule has 4 atom stereocenters. The fourth-order valence-electron chi connectivity index (χ4n) is 3.55. The Labute approximate surface area is 232 Å². The first kappa shape index (κ1) is 33.7. The monoisotopic (exact) mass is 570 g/mol. The molecule has 1 heterocycles. The van der Waals surface area contributed by atoms with Crippen LogP contribution in [0.4, 0.5) is 0 Å². The van der Waals surface area contributed by atoms with Crippen molar-refractivity contribution in [3.8, 4) is 0 Å². The fourth-order valence-corrected chi connectivity index (χ4v) is 4.03. The second-order valence-corrected chi connectivity index (χ2v) is 9.91. The number of imidazole rings is 1. The molecule has 0 radical (unpaired) electrons. The number of hydrogen-bond donors (Lipinski definition) is 9. The molecule has 1 aromatic heterocycles. The van der Waals surface area contributed by atoms with Gasteiger partial charge in [-0.05, 0) is 50.7 Å². The molecule has 13 N–H and O–H groups in total. The molecule has 0 spiro atoms. The van der Waals surface area contributed by atoms with E-state index >= 15 is 0 Å². The van der Waals surface area contributed by atoms with Gasteiger partial charge in [-0.2, -0.15) is 11.8 Å². The molecule has 15 nitrogen and oxygen atoms in total. The van der Waals surface area contributed by atoms with E-state index in [9.17, 15) is 24.3 Å². The van der Waals surface area contributed by atoms with Crippen LogP contribution in [0.3, 0.4) is 0 Å². The number of hydrogen-bond acceptors (Lipinski definition) is 9. The van der Waals surface area contributed by atoms with Gasteiger partial charge < -0.3 is 49.0 Å². The Hall–Kier alpha value is -3.37. The van der Waals surface area contributed by atoms with Gasteiger partial charge in [-0.1, -0.05) is 6.42 Å². The number of nitrogens with one attached hydrogen (secondary N) is 4. The van der Waals surface area contributed by atoms with Crippen LogP contribution in [0.1, 0.15) is 44.2 Å². The quantitative estimate of drug-likeness (QED) is 0.0459. The summed E-state index contributed by atoms with van der Waals surface area (Å²) in [6, 6.07) is -4.13. The molecule has 0 aliphatic carbocycles. The van der Waals surface area contributed by atoms with Gasteiger partial charge in [-0.3, -0.25) is 19.4 Å². The predicted molar refractivity (Wildman–Crippen MR) is 150 cm³/mol. The molecular formula is C23H42N10O5S. The molecule has 0 aliphatic heterocycles. The number of aromatic nitrogens is 2. The number of carboxylic acids is 1. The zero-order chi connectivity index (χ0) is 29.2. The van der Waals surface area contributed by atoms with Crippen molar-refractivity contribution in [1.29, 1.82) is 0 Å². The average molecular weight is 571 g/mol. The van der Waals surface area contributed by atoms with Crippen LogP contribution in [-0.4, -0.2) is 94.0 Å². The van der Waals surface area contributed by atoms with E-state index in [0.29, 0.717) is 43.7 Å². The lowest BCUT2D eigenvalue weighted by atomic mass is 10.1. The number of carbonyl (C=O) groups is 4. The molecule has 3 amide bonds. The first-order valence-corrected chi connectivity index (χ1v) is 14.1. The van der Waals surface area contributed by atoms with Gasteiger partial charge in [0, 0.05) is 24.9 Å². The highest BCUT2D eigenvalue weighted by Crippen LogP contribution is 2.07. The average Bonchev–Trinajstić information content (AvgIpc) is 3.40. The van der Waals surface area contributed by atoms with Crippen molar-refractivity contribution in [2.45, 2.75) is 69.1 Å². The highest BCUT2D eigenvalue weighted by atomic mass is 32.2. The second kappa shape index (κ2) is 18.8. The number of amides is 3. The van der Waals surface area contributed by atoms with E-state index in [-0.39, 0.29) is 25.3 Å². The third kappa shape index (κ3) is 13.8. The van der Waals surface area contributed by atoms with Crippen molar-refractivity contribution in [2.75, 3.05) is 25.1 Å². The van der Waals surface area contributed by atoms with Gasteiger partial charge in [-0.25, -0.2) is 9.78 Å². The summed E-state index contributed by atoms with van der Waals surface area (Å²) in [4.78, 5) is 61.4. The van der Waals surface area contributed by atoms with E-state index in [1.165, 1.54) is 24.3 Å². The summed E-state index contributed by atoms with van der Waals surface area (Å²) in [5, 5.41) is 17.4. The van der Waals surface area contributed by atoms with Crippen LogP contribution >= 0.6 is 11.8 Å². The number of rotatable bonds is 20. The number of guanidine groups is 1. The Balaban J connectivity index is 2.98. The van der Waals surface area contributed by atoms with Crippen molar-refractivity contribution >= 4 is 41.4 Å². The van der Waals surface area contributed by atoms with Crippen LogP contribution in [0.5, 0.6) is 0 Å². The molecule has 1 rings (SSSR count). The molecule has 39 heavy (non-hydrogen) atoms. The van der Waals surface area contributed by atoms with Gasteiger partial charge in [0.2, 0.25) is 17.7 Å². The fraction of sp³-hybridized carbons (Fsp3) is 0.652. The Bertz CT molecular complexity index is 926. The number of aliphatic carboxylic acids is 1. The SMILES string of the molecule is CSCCC(NC(=O)C(N)CCCCN)C(=O)NC(Cc1cnc[nH]1)C(=O)NC(CCCN=C(N)N)C(=O)O. The van der Waals surface area contributed by atoms with Crippen LogP contribution in [0.2, 0.25) is 0 Å². The summed E-state index contributed by atoms with van der Waals surface area (Å²) in [6.07, 6.45) is 7.29. The van der Waals surface area contributed by atoms with E-state index < -0.39 is 47.9 Å². The van der Waals surface area contributed by atoms with E-state index in [1.807, 2.05) is 6.26 Å². The van der Waals surface area contributed by atoms with Crippen LogP contribution in [0.25, 0.3) is 0 Å². The minimum atomic E-state index is -1.24. The van der Waals surface area contributed by atoms with Gasteiger partial charge in [-0.15, -0.1) is 0 Å². The van der Waals surface area contributed by atoms with Crippen LogP contribution in [0, 0.1) is 0 Å². The van der Waals surface area contributed by atoms with Gasteiger partial charge in [0.05, 0.1) is 12.4 Å². The van der Waals surface area contributed by atoms with Gasteiger partial charge >= 0.3 is 5.97 Å². The smallest absolute Gasteiger partial charge is 0.326 e. The van der Waals surface area contributed by atoms with E-state index in [0.717, 1.165) is 6.42 Å². The third-order valence-corrected chi connectivity index (χ3v) is 6.37. The maximum absolute atomic E-state index is 13.3. The summed E-state index contributed by atoms with van der Waals surface area (Å²) in [6.45, 7) is 0.688. The standard InChI is InChI=1S/C23H42N10O5S/c1-39-10-7-16(31-19(34)15(25)5-2-3-8-24)20(35)33-18(11-14-12-28-13-30-14)21(36)32-17(22(37)38)6-4-9-29-23(26)27/h12-13,15-18H,2-11,24-25H2,1H3,(H,28,30)(H,31,34)(H,32,36)(H,33,35)(H,37,38)(H4,26,27,29). The first-order chi connectivity index (χ1) is 18.6. The topological polar surface area (TPSA) is 270 Å². The van der Waals surface area contributed by atoms with Crippen LogP contribution < -0.4 is 38.9 Å². The maximum Gasteiger partial charge on any atom is 0.326 e. The summed E-state index contributed by atoms with van der Waals surface area (Å²) in [5.41, 5.74) is 22.6. The Morgan fingerprint density at radius 1 is 1.00 bits per heavy atom. The molecule has 0 aromatic carbocycles. The Morgan fingerprint density at radius 3 is 2.26 bits per heavy atom. The largest absolute Gasteiger partial charge is 0.480 e. The van der Waals surface area contributed by atoms with Crippen LogP contribution in [0.15, 0.2) is 17.5 Å². The normalized spacial score (nSPS) is 13.9. The molecule has 0 bridgehead atoms. The number of aromatic amines is 1. The lowest BCUT2D eigenvalue weighted by Crippen LogP contribution is -2.57. The molecular weight excluding hydrogens is 528 g/mol. The number of carbonyl (C=O) groups excluding carboxylic acids is 3. The number of carboxylic acid groups (broad SMARTS) is 1. The van der Waals surface area contributed by atoms with Crippen molar-refractivity contribution in [2.24, 2.45) is 27.9 Å². The molecule has 0 saturated heterocycles. The number of thioether (sulfide) groups is 1. The summed E-state index contributed by atoms with van der Waals surface area (Å²) < 4.78 is 0. The third-order valence-electron chi connectivity index (χ3n) is 5.72. The molecule has 220 valence electrons. The molecule has 1 aromatic rings. The summed E-state index contributed by atoms with van der Waals surface area (Å²) in [7, 11) is 0.